The highest BCUT2D eigenvalue weighted by Crippen LogP contribution is 2.48. The van der Waals surface area contributed by atoms with Gasteiger partial charge in [0.25, 0.3) is 5.91 Å². The van der Waals surface area contributed by atoms with Gasteiger partial charge in [0.05, 0.1) is 19.8 Å². The fourth-order valence-electron chi connectivity index (χ4n) is 5.39. The van der Waals surface area contributed by atoms with Gasteiger partial charge >= 0.3 is 0 Å². The van der Waals surface area contributed by atoms with Gasteiger partial charge in [-0.2, -0.15) is 0 Å². The number of amides is 1. The van der Waals surface area contributed by atoms with Crippen LogP contribution in [-0.2, 0) is 9.47 Å². The Morgan fingerprint density at radius 2 is 2.15 bits per heavy atom. The quantitative estimate of drug-likeness (QED) is 0.799. The van der Waals surface area contributed by atoms with Gasteiger partial charge in [-0.25, -0.2) is 4.98 Å². The first-order valence-electron chi connectivity index (χ1n) is 10.1. The summed E-state index contributed by atoms with van der Waals surface area (Å²) in [5, 5.41) is 0. The second kappa shape index (κ2) is 7.89. The first-order valence-corrected chi connectivity index (χ1v) is 10.1. The Kier molecular flexibility index (Phi) is 5.53. The van der Waals surface area contributed by atoms with Crippen LogP contribution in [0.3, 0.4) is 0 Å². The molecule has 1 aromatic heterocycles. The summed E-state index contributed by atoms with van der Waals surface area (Å²) in [4.78, 5) is 21.7. The van der Waals surface area contributed by atoms with Crippen LogP contribution in [-0.4, -0.2) is 79.8 Å². The Hall–Kier alpha value is -1.44. The van der Waals surface area contributed by atoms with Crippen molar-refractivity contribution in [2.45, 2.75) is 38.6 Å². The SMILES string of the molecule is COC[C@@]12CC[C@@H](N3CCOCC3)C[C@H]1CCN(C(=O)c1ncoc1C)C2. The summed E-state index contributed by atoms with van der Waals surface area (Å²) in [6.45, 7) is 7.85. The monoisotopic (exact) mass is 377 g/mol. The molecule has 3 aliphatic rings. The molecule has 4 rings (SSSR count). The molecule has 1 aromatic rings. The van der Waals surface area contributed by atoms with Crippen LogP contribution in [0, 0.1) is 18.3 Å². The minimum Gasteiger partial charge on any atom is -0.448 e. The zero-order valence-electron chi connectivity index (χ0n) is 16.5. The number of aryl methyl sites for hydroxylation is 1. The number of likely N-dealkylation sites (tertiary alicyclic amines) is 1. The van der Waals surface area contributed by atoms with Crippen LogP contribution in [0.15, 0.2) is 10.8 Å². The first-order chi connectivity index (χ1) is 13.1. The number of morpholine rings is 1. The number of aromatic nitrogens is 1. The zero-order valence-corrected chi connectivity index (χ0v) is 16.5. The predicted molar refractivity (Wildman–Crippen MR) is 99.6 cm³/mol. The van der Waals surface area contributed by atoms with E-state index in [-0.39, 0.29) is 11.3 Å². The number of carbonyl (C=O) groups is 1. The van der Waals surface area contributed by atoms with Crippen molar-refractivity contribution in [3.8, 4) is 0 Å². The molecular formula is C20H31N3O4. The summed E-state index contributed by atoms with van der Waals surface area (Å²) in [5.41, 5.74) is 0.506. The highest BCUT2D eigenvalue weighted by Gasteiger charge is 2.49. The van der Waals surface area contributed by atoms with Crippen LogP contribution in [0.4, 0.5) is 0 Å². The van der Waals surface area contributed by atoms with Crippen LogP contribution in [0.1, 0.15) is 41.9 Å². The standard InChI is InChI=1S/C20H31N3O4/c1-15-18(21-14-27-15)19(24)23-6-4-16-11-17(22-7-9-26-10-8-22)3-5-20(16,12-23)13-25-2/h14,16-17H,3-13H2,1-2H3/t16-,17-,20+/m1/s1. The number of carbonyl (C=O) groups excluding carboxylic acids is 1. The summed E-state index contributed by atoms with van der Waals surface area (Å²) >= 11 is 0. The van der Waals surface area contributed by atoms with E-state index in [1.807, 2.05) is 4.90 Å². The number of ether oxygens (including phenoxy) is 2. The van der Waals surface area contributed by atoms with Gasteiger partial charge in [-0.3, -0.25) is 9.69 Å². The number of rotatable bonds is 4. The number of hydrogen-bond acceptors (Lipinski definition) is 6. The molecule has 3 fully saturated rings. The van der Waals surface area contributed by atoms with Gasteiger partial charge in [0.2, 0.25) is 0 Å². The van der Waals surface area contributed by atoms with E-state index in [2.05, 4.69) is 9.88 Å². The Labute approximate surface area is 161 Å². The van der Waals surface area contributed by atoms with Crippen molar-refractivity contribution < 1.29 is 18.7 Å². The van der Waals surface area contributed by atoms with Crippen molar-refractivity contribution in [3.05, 3.63) is 17.8 Å². The number of piperidine rings is 1. The lowest BCUT2D eigenvalue weighted by Gasteiger charge is -2.54. The maximum Gasteiger partial charge on any atom is 0.276 e. The van der Waals surface area contributed by atoms with Crippen molar-refractivity contribution in [1.29, 1.82) is 0 Å². The third-order valence-electron chi connectivity index (χ3n) is 6.88. The summed E-state index contributed by atoms with van der Waals surface area (Å²) in [5.74, 6) is 1.19. The van der Waals surface area contributed by atoms with Crippen molar-refractivity contribution in [2.75, 3.05) is 53.1 Å². The maximum absolute atomic E-state index is 13.0. The fourth-order valence-corrected chi connectivity index (χ4v) is 5.39. The lowest BCUT2D eigenvalue weighted by molar-refractivity contribution is -0.0792. The smallest absolute Gasteiger partial charge is 0.276 e. The molecule has 3 atom stereocenters. The molecule has 1 aliphatic carbocycles. The Bertz CT molecular complexity index is 657. The highest BCUT2D eigenvalue weighted by atomic mass is 16.5. The van der Waals surface area contributed by atoms with Crippen molar-refractivity contribution in [2.24, 2.45) is 11.3 Å². The number of methoxy groups -OCH3 is 1. The normalized spacial score (nSPS) is 32.3. The molecule has 27 heavy (non-hydrogen) atoms. The molecule has 0 unspecified atom stereocenters. The van der Waals surface area contributed by atoms with Gasteiger partial charge in [-0.1, -0.05) is 0 Å². The molecule has 2 saturated heterocycles. The van der Waals surface area contributed by atoms with Crippen molar-refractivity contribution >= 4 is 5.91 Å². The lowest BCUT2D eigenvalue weighted by Crippen LogP contribution is -2.58. The van der Waals surface area contributed by atoms with E-state index in [0.29, 0.717) is 23.4 Å². The summed E-state index contributed by atoms with van der Waals surface area (Å²) in [6.07, 6.45) is 5.87. The van der Waals surface area contributed by atoms with Gasteiger partial charge in [-0.05, 0) is 38.5 Å². The molecule has 1 saturated carbocycles. The van der Waals surface area contributed by atoms with Crippen LogP contribution in [0.5, 0.6) is 0 Å². The van der Waals surface area contributed by atoms with Gasteiger partial charge in [0, 0.05) is 44.7 Å². The second-order valence-electron chi connectivity index (χ2n) is 8.34. The van der Waals surface area contributed by atoms with Crippen LogP contribution >= 0.6 is 0 Å². The maximum atomic E-state index is 13.0. The molecule has 0 radical (unpaired) electrons. The molecule has 0 N–H and O–H groups in total. The number of oxazole rings is 1. The van der Waals surface area contributed by atoms with Gasteiger partial charge in [-0.15, -0.1) is 0 Å². The third-order valence-corrected chi connectivity index (χ3v) is 6.88. The minimum absolute atomic E-state index is 0.00881. The number of fused-ring (bicyclic) bond motifs is 1. The lowest BCUT2D eigenvalue weighted by atomic mass is 9.61. The molecule has 0 bridgehead atoms. The average Bonchev–Trinajstić information content (AvgIpc) is 3.13. The molecule has 3 heterocycles. The molecular weight excluding hydrogens is 346 g/mol. The van der Waals surface area contributed by atoms with Gasteiger partial charge in [0.1, 0.15) is 5.76 Å². The molecule has 7 nitrogen and oxygen atoms in total. The molecule has 0 aromatic carbocycles. The van der Waals surface area contributed by atoms with Crippen LogP contribution < -0.4 is 0 Å². The van der Waals surface area contributed by atoms with E-state index in [9.17, 15) is 4.79 Å². The number of nitrogens with zero attached hydrogens (tertiary/aromatic N) is 3. The highest BCUT2D eigenvalue weighted by molar-refractivity contribution is 5.93. The van der Waals surface area contributed by atoms with E-state index in [1.165, 1.54) is 19.2 Å². The van der Waals surface area contributed by atoms with E-state index in [0.717, 1.165) is 58.8 Å². The molecule has 7 heteroatoms. The Balaban J connectivity index is 1.47. The number of hydrogen-bond donors (Lipinski definition) is 0. The van der Waals surface area contributed by atoms with Gasteiger partial charge in [0.15, 0.2) is 12.1 Å². The zero-order chi connectivity index (χ0) is 18.9. The topological polar surface area (TPSA) is 68.0 Å². The first kappa shape index (κ1) is 18.9. The third kappa shape index (κ3) is 3.65. The Morgan fingerprint density at radius 3 is 2.85 bits per heavy atom. The van der Waals surface area contributed by atoms with Crippen molar-refractivity contribution in [3.63, 3.8) is 0 Å². The van der Waals surface area contributed by atoms with E-state index >= 15 is 0 Å². The summed E-state index contributed by atoms with van der Waals surface area (Å²) in [6, 6.07) is 0.643. The Morgan fingerprint density at radius 1 is 1.33 bits per heavy atom. The summed E-state index contributed by atoms with van der Waals surface area (Å²) in [7, 11) is 1.78. The molecule has 0 spiro atoms. The van der Waals surface area contributed by atoms with Crippen LogP contribution in [0.25, 0.3) is 0 Å². The van der Waals surface area contributed by atoms with Crippen LogP contribution in [0.2, 0.25) is 0 Å². The largest absolute Gasteiger partial charge is 0.448 e. The van der Waals surface area contributed by atoms with E-state index in [1.54, 1.807) is 14.0 Å². The van der Waals surface area contributed by atoms with Crippen molar-refractivity contribution in [1.82, 2.24) is 14.8 Å². The van der Waals surface area contributed by atoms with E-state index < -0.39 is 0 Å². The van der Waals surface area contributed by atoms with Gasteiger partial charge < -0.3 is 18.8 Å². The minimum atomic E-state index is -0.00881. The summed E-state index contributed by atoms with van der Waals surface area (Å²) < 4.78 is 16.4. The molecule has 2 aliphatic heterocycles. The predicted octanol–water partition coefficient (Wildman–Crippen LogP) is 1.96. The fraction of sp³-hybridized carbons (Fsp3) is 0.800. The van der Waals surface area contributed by atoms with E-state index in [4.69, 9.17) is 13.9 Å². The molecule has 150 valence electrons. The average molecular weight is 377 g/mol. The second-order valence-corrected chi connectivity index (χ2v) is 8.34. The molecule has 1 amide bonds.